The third-order valence-electron chi connectivity index (χ3n) is 5.29. The maximum Gasteiger partial charge on any atom is 0.326 e. The Hall–Kier alpha value is -4.16. The smallest absolute Gasteiger partial charge is 0.326 e. The van der Waals surface area contributed by atoms with Gasteiger partial charge in [0.2, 0.25) is 0 Å². The number of carbonyl (C=O) groups excluding carboxylic acids is 3. The van der Waals surface area contributed by atoms with E-state index in [-0.39, 0.29) is 31.1 Å². The van der Waals surface area contributed by atoms with E-state index in [0.29, 0.717) is 31.5 Å². The fourth-order valence-electron chi connectivity index (χ4n) is 3.23. The van der Waals surface area contributed by atoms with Crippen molar-refractivity contribution in [1.29, 1.82) is 0 Å². The van der Waals surface area contributed by atoms with Crippen LogP contribution in [0.4, 0.5) is 4.79 Å². The van der Waals surface area contributed by atoms with Gasteiger partial charge in [0.15, 0.2) is 11.7 Å². The molecule has 0 aliphatic carbocycles. The van der Waals surface area contributed by atoms with E-state index in [0.717, 1.165) is 11.1 Å². The highest BCUT2D eigenvalue weighted by Crippen LogP contribution is 2.12. The van der Waals surface area contributed by atoms with Gasteiger partial charge in [0.1, 0.15) is 6.04 Å². The van der Waals surface area contributed by atoms with Crippen molar-refractivity contribution in [2.75, 3.05) is 6.54 Å². The number of nitrogens with zero attached hydrogens (tertiary/aromatic N) is 1. The molecular weight excluding hydrogens is 472 g/mol. The molecule has 0 spiro atoms. The first-order valence-electron chi connectivity index (χ1n) is 11.4. The van der Waals surface area contributed by atoms with Gasteiger partial charge in [-0.25, -0.2) is 14.6 Å². The van der Waals surface area contributed by atoms with E-state index >= 15 is 0 Å². The van der Waals surface area contributed by atoms with Gasteiger partial charge in [0.25, 0.3) is 5.91 Å². The minimum absolute atomic E-state index is 0.0202. The SMILES string of the molecule is CC(=O)[C@H](CCC(=O)O)NC(=O)N[C@@H](CCCCNC(=O)c1ccc(CN=C(N)N)c(C)c1)C(=O)O. The molecule has 3 amide bonds. The van der Waals surface area contributed by atoms with Crippen LogP contribution in [0.15, 0.2) is 23.2 Å². The molecule has 0 aromatic heterocycles. The second-order valence-electron chi connectivity index (χ2n) is 8.24. The van der Waals surface area contributed by atoms with E-state index in [4.69, 9.17) is 16.6 Å². The first-order chi connectivity index (χ1) is 16.9. The van der Waals surface area contributed by atoms with E-state index in [9.17, 15) is 29.1 Å². The van der Waals surface area contributed by atoms with Crippen LogP contribution >= 0.6 is 0 Å². The van der Waals surface area contributed by atoms with Crippen molar-refractivity contribution in [1.82, 2.24) is 16.0 Å². The van der Waals surface area contributed by atoms with Gasteiger partial charge >= 0.3 is 18.0 Å². The summed E-state index contributed by atoms with van der Waals surface area (Å²) in [5.41, 5.74) is 12.9. The summed E-state index contributed by atoms with van der Waals surface area (Å²) in [6.07, 6.45) is 0.531. The second-order valence-corrected chi connectivity index (χ2v) is 8.24. The van der Waals surface area contributed by atoms with Crippen LogP contribution < -0.4 is 27.4 Å². The van der Waals surface area contributed by atoms with E-state index in [1.165, 1.54) is 6.92 Å². The Balaban J connectivity index is 2.48. The Kier molecular flexibility index (Phi) is 12.4. The Morgan fingerprint density at radius 1 is 1.00 bits per heavy atom. The van der Waals surface area contributed by atoms with Gasteiger partial charge in [0.05, 0.1) is 12.6 Å². The highest BCUT2D eigenvalue weighted by Gasteiger charge is 2.23. The topological polar surface area (TPSA) is 226 Å². The fourth-order valence-corrected chi connectivity index (χ4v) is 3.23. The van der Waals surface area contributed by atoms with Crippen molar-refractivity contribution in [2.24, 2.45) is 16.5 Å². The number of nitrogens with one attached hydrogen (secondary N) is 3. The third-order valence-corrected chi connectivity index (χ3v) is 5.29. The Labute approximate surface area is 208 Å². The number of carboxylic acids is 2. The van der Waals surface area contributed by atoms with Crippen LogP contribution in [0.25, 0.3) is 0 Å². The number of rotatable bonds is 15. The minimum Gasteiger partial charge on any atom is -0.481 e. The zero-order chi connectivity index (χ0) is 27.3. The molecule has 0 aliphatic rings. The lowest BCUT2D eigenvalue weighted by Gasteiger charge is -2.19. The molecule has 198 valence electrons. The number of nitrogens with two attached hydrogens (primary N) is 2. The largest absolute Gasteiger partial charge is 0.481 e. The lowest BCUT2D eigenvalue weighted by molar-refractivity contribution is -0.139. The number of urea groups is 1. The standard InChI is InChI=1S/C23H34N6O7/c1-13-11-15(6-7-16(13)12-27-22(24)25)20(33)26-10-4-3-5-18(21(34)35)29-23(36)28-17(14(2)30)8-9-19(31)32/h6-7,11,17-18H,3-5,8-10,12H2,1-2H3,(H,26,33)(H,31,32)(H,34,35)(H4,24,25,27)(H2,28,29,36)/t17-,18-/m0/s1. The number of ketones is 1. The summed E-state index contributed by atoms with van der Waals surface area (Å²) in [7, 11) is 0. The number of aliphatic carboxylic acids is 2. The summed E-state index contributed by atoms with van der Waals surface area (Å²) in [6.45, 7) is 3.66. The first-order valence-corrected chi connectivity index (χ1v) is 11.4. The van der Waals surface area contributed by atoms with Gasteiger partial charge in [-0.2, -0.15) is 0 Å². The molecule has 13 nitrogen and oxygen atoms in total. The predicted molar refractivity (Wildman–Crippen MR) is 131 cm³/mol. The van der Waals surface area contributed by atoms with Crippen LogP contribution in [0.5, 0.6) is 0 Å². The molecule has 0 radical (unpaired) electrons. The van der Waals surface area contributed by atoms with Gasteiger partial charge < -0.3 is 37.6 Å². The van der Waals surface area contributed by atoms with E-state index in [1.54, 1.807) is 18.2 Å². The number of carboxylic acid groups (broad SMARTS) is 2. The van der Waals surface area contributed by atoms with Crippen molar-refractivity contribution >= 4 is 35.6 Å². The predicted octanol–water partition coefficient (Wildman–Crippen LogP) is 0.243. The normalized spacial score (nSPS) is 12.1. The Bertz CT molecular complexity index is 991. The van der Waals surface area contributed by atoms with E-state index < -0.39 is 35.8 Å². The molecule has 0 aliphatic heterocycles. The summed E-state index contributed by atoms with van der Waals surface area (Å²) in [6, 6.07) is 2.03. The average molecular weight is 507 g/mol. The van der Waals surface area contributed by atoms with Gasteiger partial charge in [-0.1, -0.05) is 6.07 Å². The number of aliphatic imine (C=N–C) groups is 1. The summed E-state index contributed by atoms with van der Waals surface area (Å²) in [5.74, 6) is -3.11. The zero-order valence-corrected chi connectivity index (χ0v) is 20.4. The second kappa shape index (κ2) is 15.0. The van der Waals surface area contributed by atoms with Crippen molar-refractivity contribution in [3.63, 3.8) is 0 Å². The van der Waals surface area contributed by atoms with Crippen LogP contribution in [-0.2, 0) is 20.9 Å². The van der Waals surface area contributed by atoms with Crippen molar-refractivity contribution in [2.45, 2.75) is 64.6 Å². The number of benzene rings is 1. The molecule has 1 rings (SSSR count). The number of Topliss-reactive ketones (excluding diaryl/α,β-unsaturated/α-hetero) is 1. The molecule has 2 atom stereocenters. The molecule has 36 heavy (non-hydrogen) atoms. The number of carbonyl (C=O) groups is 5. The number of unbranched alkanes of at least 4 members (excludes halogenated alkanes) is 1. The maximum absolute atomic E-state index is 12.4. The van der Waals surface area contributed by atoms with E-state index in [1.807, 2.05) is 6.92 Å². The van der Waals surface area contributed by atoms with Gasteiger partial charge in [-0.05, 0) is 62.8 Å². The molecule has 1 aromatic carbocycles. The van der Waals surface area contributed by atoms with Crippen LogP contribution in [0.1, 0.15) is 60.5 Å². The van der Waals surface area contributed by atoms with E-state index in [2.05, 4.69) is 20.9 Å². The maximum atomic E-state index is 12.4. The molecule has 1 aromatic rings. The van der Waals surface area contributed by atoms with Crippen molar-refractivity contribution < 1.29 is 34.2 Å². The summed E-state index contributed by atoms with van der Waals surface area (Å²) < 4.78 is 0. The Morgan fingerprint density at radius 3 is 2.22 bits per heavy atom. The summed E-state index contributed by atoms with van der Waals surface area (Å²) >= 11 is 0. The lowest BCUT2D eigenvalue weighted by atomic mass is 10.0. The zero-order valence-electron chi connectivity index (χ0n) is 20.4. The molecule has 0 fully saturated rings. The molecule has 13 heteroatoms. The average Bonchev–Trinajstić information content (AvgIpc) is 2.79. The van der Waals surface area contributed by atoms with Crippen LogP contribution in [-0.4, -0.2) is 64.5 Å². The highest BCUT2D eigenvalue weighted by molar-refractivity contribution is 5.94. The first kappa shape index (κ1) is 29.9. The number of hydrogen-bond donors (Lipinski definition) is 7. The monoisotopic (exact) mass is 506 g/mol. The van der Waals surface area contributed by atoms with Gasteiger partial charge in [-0.3, -0.25) is 14.4 Å². The number of aryl methyl sites for hydroxylation is 1. The van der Waals surface area contributed by atoms with Crippen LogP contribution in [0, 0.1) is 6.92 Å². The summed E-state index contributed by atoms with van der Waals surface area (Å²) in [4.78, 5) is 62.2. The van der Waals surface area contributed by atoms with Gasteiger partial charge in [-0.15, -0.1) is 0 Å². The molecule has 0 unspecified atom stereocenters. The molecular formula is C23H34N6O7. The van der Waals surface area contributed by atoms with Crippen molar-refractivity contribution in [3.05, 3.63) is 34.9 Å². The highest BCUT2D eigenvalue weighted by atomic mass is 16.4. The third kappa shape index (κ3) is 11.3. The summed E-state index contributed by atoms with van der Waals surface area (Å²) in [5, 5.41) is 25.5. The quantitative estimate of drug-likeness (QED) is 0.0980. The van der Waals surface area contributed by atoms with Gasteiger partial charge in [0, 0.05) is 18.5 Å². The Morgan fingerprint density at radius 2 is 1.67 bits per heavy atom. The van der Waals surface area contributed by atoms with Crippen LogP contribution in [0.2, 0.25) is 0 Å². The molecule has 0 bridgehead atoms. The number of hydrogen-bond acceptors (Lipinski definition) is 6. The molecule has 0 heterocycles. The molecule has 9 N–H and O–H groups in total. The van der Waals surface area contributed by atoms with Crippen LogP contribution in [0.3, 0.4) is 0 Å². The molecule has 0 saturated carbocycles. The lowest BCUT2D eigenvalue weighted by Crippen LogP contribution is -2.50. The van der Waals surface area contributed by atoms with Crippen molar-refractivity contribution in [3.8, 4) is 0 Å². The number of guanidine groups is 1. The number of amides is 3. The molecule has 0 saturated heterocycles. The minimum atomic E-state index is -1.25. The fraction of sp³-hybridized carbons (Fsp3) is 0.478.